The second-order valence-corrected chi connectivity index (χ2v) is 9.17. The van der Waals surface area contributed by atoms with Gasteiger partial charge >= 0.3 is 0 Å². The van der Waals surface area contributed by atoms with E-state index in [9.17, 15) is 4.79 Å². The van der Waals surface area contributed by atoms with Crippen LogP contribution in [0.1, 0.15) is 6.92 Å². The van der Waals surface area contributed by atoms with E-state index in [-0.39, 0.29) is 11.2 Å². The molecule has 4 aromatic rings. The SMILES string of the molecule is CC(Sc1ncnc2scc(-c3ccccc3)c12)C(=O)Nc1ccc2c(c1)OCCO2. The van der Waals surface area contributed by atoms with Crippen LogP contribution in [0.15, 0.2) is 65.3 Å². The maximum atomic E-state index is 12.9. The van der Waals surface area contributed by atoms with Crippen molar-refractivity contribution in [2.24, 2.45) is 0 Å². The Morgan fingerprint density at radius 2 is 1.90 bits per heavy atom. The normalized spacial score (nSPS) is 13.7. The highest BCUT2D eigenvalue weighted by atomic mass is 32.2. The number of nitrogens with one attached hydrogen (secondary N) is 1. The molecule has 0 aliphatic carbocycles. The van der Waals surface area contributed by atoms with E-state index < -0.39 is 0 Å². The monoisotopic (exact) mass is 449 g/mol. The Morgan fingerprint density at radius 1 is 1.10 bits per heavy atom. The highest BCUT2D eigenvalue weighted by molar-refractivity contribution is 8.00. The van der Waals surface area contributed by atoms with Gasteiger partial charge in [-0.25, -0.2) is 9.97 Å². The molecule has 0 saturated carbocycles. The number of fused-ring (bicyclic) bond motifs is 2. The van der Waals surface area contributed by atoms with Gasteiger partial charge in [0, 0.05) is 22.7 Å². The molecule has 0 saturated heterocycles. The summed E-state index contributed by atoms with van der Waals surface area (Å²) in [6.45, 7) is 2.92. The largest absolute Gasteiger partial charge is 0.486 e. The summed E-state index contributed by atoms with van der Waals surface area (Å²) in [4.78, 5) is 22.7. The smallest absolute Gasteiger partial charge is 0.237 e. The summed E-state index contributed by atoms with van der Waals surface area (Å²) in [5, 5.41) is 6.50. The molecule has 1 aliphatic heterocycles. The predicted octanol–water partition coefficient (Wildman–Crippen LogP) is 5.25. The van der Waals surface area contributed by atoms with Crippen molar-refractivity contribution in [3.63, 3.8) is 0 Å². The number of hydrogen-bond acceptors (Lipinski definition) is 7. The Kier molecular flexibility index (Phi) is 5.48. The fourth-order valence-electron chi connectivity index (χ4n) is 3.35. The first-order valence-electron chi connectivity index (χ1n) is 9.84. The minimum atomic E-state index is -0.352. The molecule has 1 unspecified atom stereocenters. The van der Waals surface area contributed by atoms with Gasteiger partial charge in [-0.2, -0.15) is 0 Å². The first-order valence-corrected chi connectivity index (χ1v) is 11.6. The van der Waals surface area contributed by atoms with E-state index >= 15 is 0 Å². The van der Waals surface area contributed by atoms with Crippen molar-refractivity contribution in [2.75, 3.05) is 18.5 Å². The van der Waals surface area contributed by atoms with E-state index in [0.717, 1.165) is 26.4 Å². The van der Waals surface area contributed by atoms with E-state index in [4.69, 9.17) is 9.47 Å². The number of aromatic nitrogens is 2. The van der Waals surface area contributed by atoms with Crippen molar-refractivity contribution in [1.82, 2.24) is 9.97 Å². The Bertz CT molecular complexity index is 1240. The second kappa shape index (κ2) is 8.56. The molecule has 2 aromatic heterocycles. The van der Waals surface area contributed by atoms with Crippen LogP contribution in [-0.2, 0) is 4.79 Å². The van der Waals surface area contributed by atoms with Crippen LogP contribution in [0.4, 0.5) is 5.69 Å². The molecule has 1 amide bonds. The summed E-state index contributed by atoms with van der Waals surface area (Å²) in [7, 11) is 0. The molecule has 5 rings (SSSR count). The summed E-state index contributed by atoms with van der Waals surface area (Å²) < 4.78 is 11.1. The lowest BCUT2D eigenvalue weighted by Crippen LogP contribution is -2.23. The number of anilines is 1. The lowest BCUT2D eigenvalue weighted by molar-refractivity contribution is -0.115. The predicted molar refractivity (Wildman–Crippen MR) is 124 cm³/mol. The number of rotatable bonds is 5. The van der Waals surface area contributed by atoms with E-state index in [1.165, 1.54) is 11.8 Å². The fraction of sp³-hybridized carbons (Fsp3) is 0.174. The quantitative estimate of drug-likeness (QED) is 0.331. The van der Waals surface area contributed by atoms with Crippen LogP contribution in [0.3, 0.4) is 0 Å². The van der Waals surface area contributed by atoms with Gasteiger partial charge in [-0.05, 0) is 24.6 Å². The molecule has 8 heteroatoms. The van der Waals surface area contributed by atoms with Crippen LogP contribution < -0.4 is 14.8 Å². The van der Waals surface area contributed by atoms with Gasteiger partial charge < -0.3 is 14.8 Å². The van der Waals surface area contributed by atoms with Crippen LogP contribution >= 0.6 is 23.1 Å². The van der Waals surface area contributed by atoms with Crippen molar-refractivity contribution in [2.45, 2.75) is 17.2 Å². The summed E-state index contributed by atoms with van der Waals surface area (Å²) in [5.41, 5.74) is 2.87. The van der Waals surface area contributed by atoms with Crippen molar-refractivity contribution in [3.05, 3.63) is 60.2 Å². The van der Waals surface area contributed by atoms with E-state index in [2.05, 4.69) is 32.8 Å². The first kappa shape index (κ1) is 19.8. The highest BCUT2D eigenvalue weighted by Crippen LogP contribution is 2.39. The summed E-state index contributed by atoms with van der Waals surface area (Å²) in [6, 6.07) is 15.6. The zero-order chi connectivity index (χ0) is 21.2. The van der Waals surface area contributed by atoms with Gasteiger partial charge in [0.25, 0.3) is 0 Å². The molecule has 0 fully saturated rings. The third-order valence-corrected chi connectivity index (χ3v) is 6.87. The Balaban J connectivity index is 1.37. The number of nitrogens with zero attached hydrogens (tertiary/aromatic N) is 2. The molecule has 0 spiro atoms. The standard InChI is InChI=1S/C23H19N3O3S2/c1-14(21(27)26-16-7-8-18-19(11-16)29-10-9-28-18)31-23-20-17(15-5-3-2-4-6-15)12-30-22(20)24-13-25-23/h2-8,11-14H,9-10H2,1H3,(H,26,27). The van der Waals surface area contributed by atoms with Crippen LogP contribution in [0.25, 0.3) is 21.3 Å². The molecule has 1 aliphatic rings. The fourth-order valence-corrected chi connectivity index (χ4v) is 5.27. The number of amides is 1. The van der Waals surface area contributed by atoms with E-state index in [0.29, 0.717) is 30.4 Å². The summed E-state index contributed by atoms with van der Waals surface area (Å²) in [5.74, 6) is 1.23. The van der Waals surface area contributed by atoms with Crippen LogP contribution in [0, 0.1) is 0 Å². The van der Waals surface area contributed by atoms with Crippen LogP contribution in [-0.4, -0.2) is 34.3 Å². The Hall–Kier alpha value is -3.10. The average Bonchev–Trinajstić information content (AvgIpc) is 3.25. The topological polar surface area (TPSA) is 73.3 Å². The van der Waals surface area contributed by atoms with Gasteiger partial charge in [-0.1, -0.05) is 42.1 Å². The lowest BCUT2D eigenvalue weighted by Gasteiger charge is -2.19. The number of carbonyl (C=O) groups excluding carboxylic acids is 1. The van der Waals surface area contributed by atoms with Crippen molar-refractivity contribution < 1.29 is 14.3 Å². The average molecular weight is 450 g/mol. The van der Waals surface area contributed by atoms with Gasteiger partial charge in [0.1, 0.15) is 29.4 Å². The van der Waals surface area contributed by atoms with Crippen LogP contribution in [0.5, 0.6) is 11.5 Å². The minimum absolute atomic E-state index is 0.107. The van der Waals surface area contributed by atoms with E-state index in [1.54, 1.807) is 23.7 Å². The Morgan fingerprint density at radius 3 is 2.74 bits per heavy atom. The van der Waals surface area contributed by atoms with Crippen molar-refractivity contribution in [1.29, 1.82) is 0 Å². The van der Waals surface area contributed by atoms with Gasteiger partial charge in [0.05, 0.1) is 10.6 Å². The van der Waals surface area contributed by atoms with Gasteiger partial charge in [0.2, 0.25) is 5.91 Å². The number of thioether (sulfide) groups is 1. The molecule has 1 atom stereocenters. The van der Waals surface area contributed by atoms with Gasteiger partial charge in [0.15, 0.2) is 11.5 Å². The molecule has 156 valence electrons. The zero-order valence-corrected chi connectivity index (χ0v) is 18.3. The van der Waals surface area contributed by atoms with Gasteiger partial charge in [-0.3, -0.25) is 4.79 Å². The first-order chi connectivity index (χ1) is 15.2. The molecular weight excluding hydrogens is 430 g/mol. The number of ether oxygens (including phenoxy) is 2. The lowest BCUT2D eigenvalue weighted by atomic mass is 10.1. The summed E-state index contributed by atoms with van der Waals surface area (Å²) >= 11 is 3.01. The molecule has 1 N–H and O–H groups in total. The van der Waals surface area contributed by atoms with Crippen LogP contribution in [0.2, 0.25) is 0 Å². The molecule has 0 radical (unpaired) electrons. The third-order valence-electron chi connectivity index (χ3n) is 4.89. The number of carbonyl (C=O) groups is 1. The summed E-state index contributed by atoms with van der Waals surface area (Å²) in [6.07, 6.45) is 1.56. The molecule has 0 bridgehead atoms. The molecular formula is C23H19N3O3S2. The Labute approximate surface area is 187 Å². The zero-order valence-electron chi connectivity index (χ0n) is 16.7. The molecule has 31 heavy (non-hydrogen) atoms. The number of thiophene rings is 1. The molecule has 3 heterocycles. The number of hydrogen-bond donors (Lipinski definition) is 1. The van der Waals surface area contributed by atoms with Crippen molar-refractivity contribution in [3.8, 4) is 22.6 Å². The maximum Gasteiger partial charge on any atom is 0.237 e. The second-order valence-electron chi connectivity index (χ2n) is 6.98. The number of benzene rings is 2. The molecule has 2 aromatic carbocycles. The highest BCUT2D eigenvalue weighted by Gasteiger charge is 2.21. The minimum Gasteiger partial charge on any atom is -0.486 e. The third kappa shape index (κ3) is 4.08. The van der Waals surface area contributed by atoms with Gasteiger partial charge in [-0.15, -0.1) is 11.3 Å². The van der Waals surface area contributed by atoms with Crippen molar-refractivity contribution >= 4 is 44.9 Å². The molecule has 6 nitrogen and oxygen atoms in total. The van der Waals surface area contributed by atoms with E-state index in [1.807, 2.05) is 37.3 Å². The maximum absolute atomic E-state index is 12.9.